The van der Waals surface area contributed by atoms with Crippen LogP contribution in [0.2, 0.25) is 0 Å². The molecule has 0 aliphatic rings. The zero-order valence-electron chi connectivity index (χ0n) is 5.31. The molecule has 0 saturated heterocycles. The zero-order chi connectivity index (χ0) is 7.78. The molecule has 1 heterocycles. The second-order valence-corrected chi connectivity index (χ2v) is 3.95. The van der Waals surface area contributed by atoms with Gasteiger partial charge in [0, 0.05) is 0 Å². The van der Waals surface area contributed by atoms with Crippen molar-refractivity contribution in [3.05, 3.63) is 23.2 Å². The molecule has 4 heteroatoms. The number of halogens is 3. The monoisotopic (exact) mass is 166 g/mol. The summed E-state index contributed by atoms with van der Waals surface area (Å²) in [6.07, 6.45) is -4.15. The predicted molar refractivity (Wildman–Crippen MR) is 35.1 cm³/mol. The quantitative estimate of drug-likeness (QED) is 0.555. The Morgan fingerprint density at radius 2 is 2.00 bits per heavy atom. The Hall–Kier alpha value is -0.430. The van der Waals surface area contributed by atoms with Gasteiger partial charge in [-0.25, -0.2) is 0 Å². The lowest BCUT2D eigenvalue weighted by atomic mass is 10.3. The summed E-state index contributed by atoms with van der Waals surface area (Å²) in [4.78, 5) is 0. The average molecular weight is 166 g/mol. The van der Waals surface area contributed by atoms with Crippen LogP contribution < -0.4 is 0 Å². The summed E-state index contributed by atoms with van der Waals surface area (Å²) in [5.41, 5.74) is -0.499. The van der Waals surface area contributed by atoms with E-state index in [9.17, 15) is 13.2 Å². The number of hydrogen-bond donors (Lipinski definition) is 0. The summed E-state index contributed by atoms with van der Waals surface area (Å²) in [7, 11) is -0.631. The first-order valence-electron chi connectivity index (χ1n) is 2.69. The van der Waals surface area contributed by atoms with Gasteiger partial charge in [-0.1, -0.05) is 0 Å². The summed E-state index contributed by atoms with van der Waals surface area (Å²) >= 11 is 0. The molecular formula is C6H6F3P. The lowest BCUT2D eigenvalue weighted by Crippen LogP contribution is -2.01. The van der Waals surface area contributed by atoms with Gasteiger partial charge in [0.15, 0.2) is 0 Å². The second kappa shape index (κ2) is 2.31. The summed E-state index contributed by atoms with van der Waals surface area (Å²) in [5, 5.41) is 0. The van der Waals surface area contributed by atoms with Gasteiger partial charge in [-0.05, 0) is 24.3 Å². The smallest absolute Gasteiger partial charge is 0.166 e. The van der Waals surface area contributed by atoms with Gasteiger partial charge in [-0.2, -0.15) is 13.2 Å². The van der Waals surface area contributed by atoms with Gasteiger partial charge < -0.3 is 0 Å². The number of rotatable bonds is 0. The Morgan fingerprint density at radius 3 is 2.20 bits per heavy atom. The second-order valence-electron chi connectivity index (χ2n) is 2.06. The van der Waals surface area contributed by atoms with Gasteiger partial charge in [-0.3, -0.25) is 0 Å². The van der Waals surface area contributed by atoms with Crippen molar-refractivity contribution in [2.75, 3.05) is 0 Å². The fourth-order valence-electron chi connectivity index (χ4n) is 0.671. The van der Waals surface area contributed by atoms with Crippen molar-refractivity contribution in [1.82, 2.24) is 0 Å². The maximum atomic E-state index is 11.8. The van der Waals surface area contributed by atoms with E-state index in [4.69, 9.17) is 0 Å². The molecule has 1 aromatic rings. The van der Waals surface area contributed by atoms with Gasteiger partial charge in [0.1, 0.15) is 0 Å². The molecule has 10 heavy (non-hydrogen) atoms. The van der Waals surface area contributed by atoms with E-state index in [0.29, 0.717) is 0 Å². The van der Waals surface area contributed by atoms with E-state index in [1.54, 1.807) is 12.5 Å². The summed E-state index contributed by atoms with van der Waals surface area (Å²) in [5.74, 6) is 2.87. The van der Waals surface area contributed by atoms with E-state index in [1.165, 1.54) is 5.80 Å². The minimum absolute atomic E-state index is 0.499. The van der Waals surface area contributed by atoms with Crippen LogP contribution >= 0.6 is 7.53 Å². The van der Waals surface area contributed by atoms with Crippen LogP contribution in [0.3, 0.4) is 0 Å². The van der Waals surface area contributed by atoms with Crippen molar-refractivity contribution in [1.29, 1.82) is 0 Å². The van der Waals surface area contributed by atoms with Gasteiger partial charge in [0.2, 0.25) is 0 Å². The van der Waals surface area contributed by atoms with E-state index in [0.717, 1.165) is 6.07 Å². The number of alkyl halides is 3. The molecule has 0 aliphatic carbocycles. The van der Waals surface area contributed by atoms with Crippen LogP contribution in [0.25, 0.3) is 0 Å². The predicted octanol–water partition coefficient (Wildman–Crippen LogP) is 3.23. The first-order chi connectivity index (χ1) is 4.50. The van der Waals surface area contributed by atoms with Crippen molar-refractivity contribution in [3.8, 4) is 0 Å². The average Bonchev–Trinajstić information content (AvgIpc) is 2.11. The van der Waals surface area contributed by atoms with Crippen LogP contribution in [0.4, 0.5) is 13.2 Å². The van der Waals surface area contributed by atoms with Crippen LogP contribution in [0.5, 0.6) is 0 Å². The third-order valence-corrected chi connectivity index (χ3v) is 2.46. The maximum Gasteiger partial charge on any atom is 0.416 e. The molecule has 0 spiro atoms. The molecule has 1 rings (SSSR count). The molecule has 56 valence electrons. The number of aryl methyl sites for hydroxylation is 1. The topological polar surface area (TPSA) is 0 Å². The van der Waals surface area contributed by atoms with Crippen LogP contribution in [0.15, 0.2) is 17.7 Å². The Morgan fingerprint density at radius 1 is 1.40 bits per heavy atom. The normalized spacial score (nSPS) is 13.8. The Balaban J connectivity index is 2.96. The third-order valence-electron chi connectivity index (χ3n) is 1.16. The van der Waals surface area contributed by atoms with Crippen LogP contribution in [0, 0.1) is 0 Å². The SMILES string of the molecule is Cp1ccc(C(F)(F)F)c1. The van der Waals surface area contributed by atoms with E-state index in [2.05, 4.69) is 0 Å². The summed E-state index contributed by atoms with van der Waals surface area (Å²) in [6.45, 7) is 1.78. The van der Waals surface area contributed by atoms with Crippen molar-refractivity contribution in [3.63, 3.8) is 0 Å². The van der Waals surface area contributed by atoms with Gasteiger partial charge in [0.05, 0.1) is 5.56 Å². The molecule has 0 amide bonds. The molecule has 0 N–H and O–H groups in total. The summed E-state index contributed by atoms with van der Waals surface area (Å²) in [6, 6.07) is 1.14. The largest absolute Gasteiger partial charge is 0.416 e. The number of hydrogen-bond acceptors (Lipinski definition) is 0. The Labute approximate surface area is 57.7 Å². The molecule has 0 radical (unpaired) electrons. The molecule has 0 nitrogen and oxygen atoms in total. The van der Waals surface area contributed by atoms with Crippen molar-refractivity contribution >= 4 is 7.53 Å². The lowest BCUT2D eigenvalue weighted by molar-refractivity contribution is -0.137. The highest BCUT2D eigenvalue weighted by Crippen LogP contribution is 2.36. The van der Waals surface area contributed by atoms with E-state index >= 15 is 0 Å². The Kier molecular flexibility index (Phi) is 1.78. The summed E-state index contributed by atoms with van der Waals surface area (Å²) < 4.78 is 35.5. The van der Waals surface area contributed by atoms with Crippen LogP contribution in [-0.4, -0.2) is 0 Å². The van der Waals surface area contributed by atoms with Crippen molar-refractivity contribution < 1.29 is 13.2 Å². The van der Waals surface area contributed by atoms with E-state index < -0.39 is 19.3 Å². The highest BCUT2D eigenvalue weighted by atomic mass is 31.1. The molecule has 0 aromatic carbocycles. The van der Waals surface area contributed by atoms with E-state index in [-0.39, 0.29) is 0 Å². The van der Waals surface area contributed by atoms with Crippen molar-refractivity contribution in [2.45, 2.75) is 6.18 Å². The minimum Gasteiger partial charge on any atom is -0.166 e. The third kappa shape index (κ3) is 1.54. The molecule has 0 bridgehead atoms. The fraction of sp³-hybridized carbons (Fsp3) is 0.333. The fourth-order valence-corrected chi connectivity index (χ4v) is 1.82. The van der Waals surface area contributed by atoms with Crippen LogP contribution in [-0.2, 0) is 12.8 Å². The molecule has 0 fully saturated rings. The van der Waals surface area contributed by atoms with Crippen molar-refractivity contribution in [2.24, 2.45) is 6.66 Å². The molecule has 1 atom stereocenters. The van der Waals surface area contributed by atoms with Gasteiger partial charge in [0.25, 0.3) is 0 Å². The first kappa shape index (κ1) is 7.67. The van der Waals surface area contributed by atoms with Gasteiger partial charge in [-0.15, -0.1) is 7.53 Å². The van der Waals surface area contributed by atoms with E-state index in [1.807, 2.05) is 0 Å². The first-order valence-corrected chi connectivity index (χ1v) is 4.62. The highest BCUT2D eigenvalue weighted by Gasteiger charge is 2.30. The Bertz CT molecular complexity index is 223. The standard InChI is InChI=1S/C6H6F3P/c1-10-3-2-5(4-10)6(7,8)9/h2-4H,1H3. The molecular weight excluding hydrogens is 160 g/mol. The van der Waals surface area contributed by atoms with Gasteiger partial charge >= 0.3 is 6.18 Å². The lowest BCUT2D eigenvalue weighted by Gasteiger charge is -2.00. The molecule has 1 aromatic heterocycles. The molecule has 0 aliphatic heterocycles. The highest BCUT2D eigenvalue weighted by molar-refractivity contribution is 7.46. The zero-order valence-corrected chi connectivity index (χ0v) is 6.21. The minimum atomic E-state index is -4.15. The maximum absolute atomic E-state index is 11.8. The molecule has 0 saturated carbocycles. The molecule has 1 unspecified atom stereocenters. The van der Waals surface area contributed by atoms with Crippen LogP contribution in [0.1, 0.15) is 5.56 Å².